The van der Waals surface area contributed by atoms with Crippen molar-refractivity contribution in [3.8, 4) is 5.75 Å². The largest absolute Gasteiger partial charge is 0.497 e. The van der Waals surface area contributed by atoms with Crippen LogP contribution in [0.25, 0.3) is 0 Å². The number of hydrogen-bond acceptors (Lipinski definition) is 4. The highest BCUT2D eigenvalue weighted by Crippen LogP contribution is 2.19. The molecular formula is C12H13NO4. The third kappa shape index (κ3) is 3.34. The number of amides is 1. The van der Waals surface area contributed by atoms with Gasteiger partial charge in [-0.3, -0.25) is 4.79 Å². The maximum atomic E-state index is 11.3. The van der Waals surface area contributed by atoms with Gasteiger partial charge in [-0.25, -0.2) is 4.79 Å². The van der Waals surface area contributed by atoms with Crippen LogP contribution in [0.3, 0.4) is 0 Å². The van der Waals surface area contributed by atoms with Crippen LogP contribution in [0, 0.1) is 0 Å². The van der Waals surface area contributed by atoms with E-state index >= 15 is 0 Å². The zero-order chi connectivity index (χ0) is 12.8. The lowest BCUT2D eigenvalue weighted by Gasteiger charge is -2.18. The van der Waals surface area contributed by atoms with E-state index in [0.29, 0.717) is 11.4 Å². The summed E-state index contributed by atoms with van der Waals surface area (Å²) < 4.78 is 4.98. The molecule has 0 aliphatic carbocycles. The summed E-state index contributed by atoms with van der Waals surface area (Å²) in [6.07, 6.45) is 0.986. The number of carbonyl (C=O) groups excluding carboxylic acids is 2. The predicted molar refractivity (Wildman–Crippen MR) is 62.4 cm³/mol. The number of hydrogen-bond donors (Lipinski definition) is 0. The molecule has 17 heavy (non-hydrogen) atoms. The summed E-state index contributed by atoms with van der Waals surface area (Å²) >= 11 is 0. The number of anilines is 1. The van der Waals surface area contributed by atoms with Crippen LogP contribution in [0.5, 0.6) is 5.75 Å². The van der Waals surface area contributed by atoms with Crippen molar-refractivity contribution >= 4 is 17.6 Å². The van der Waals surface area contributed by atoms with Crippen molar-refractivity contribution in [2.45, 2.75) is 6.92 Å². The molecule has 0 saturated carbocycles. The van der Waals surface area contributed by atoms with Gasteiger partial charge in [0, 0.05) is 13.0 Å². The maximum Gasteiger partial charge on any atom is 0.356 e. The zero-order valence-corrected chi connectivity index (χ0v) is 9.67. The van der Waals surface area contributed by atoms with Gasteiger partial charge in [-0.2, -0.15) is 0 Å². The summed E-state index contributed by atoms with van der Waals surface area (Å²) in [7, 11) is 1.54. The number of methoxy groups -OCH3 is 1. The summed E-state index contributed by atoms with van der Waals surface area (Å²) in [5, 5.41) is 0.892. The van der Waals surface area contributed by atoms with Crippen molar-refractivity contribution in [2.75, 3.05) is 12.2 Å². The molecule has 0 bridgehead atoms. The first-order valence-corrected chi connectivity index (χ1v) is 4.87. The van der Waals surface area contributed by atoms with Crippen molar-refractivity contribution in [3.63, 3.8) is 0 Å². The van der Waals surface area contributed by atoms with E-state index in [1.54, 1.807) is 24.3 Å². The van der Waals surface area contributed by atoms with Crippen LogP contribution in [-0.2, 0) is 14.4 Å². The standard InChI is InChI=1S/C12H13NO4/c1-4-12(15)17-13(9(2)14)10-5-7-11(16-3)8-6-10/h4-8H,1H2,2-3H3. The Bertz CT molecular complexity index is 425. The predicted octanol–water partition coefficient (Wildman–Crippen LogP) is 1.69. The fraction of sp³-hybridized carbons (Fsp3) is 0.167. The molecule has 0 aromatic heterocycles. The molecular weight excluding hydrogens is 222 g/mol. The molecule has 1 aromatic rings. The van der Waals surface area contributed by atoms with E-state index in [-0.39, 0.29) is 0 Å². The number of nitrogens with zero attached hydrogens (tertiary/aromatic N) is 1. The number of benzene rings is 1. The molecule has 0 aliphatic heterocycles. The van der Waals surface area contributed by atoms with Crippen LogP contribution in [-0.4, -0.2) is 19.0 Å². The SMILES string of the molecule is C=CC(=O)ON(C(C)=O)c1ccc(OC)cc1. The molecule has 1 amide bonds. The van der Waals surface area contributed by atoms with E-state index in [0.717, 1.165) is 11.1 Å². The molecule has 1 aromatic carbocycles. The Morgan fingerprint density at radius 3 is 2.29 bits per heavy atom. The van der Waals surface area contributed by atoms with Gasteiger partial charge < -0.3 is 9.57 Å². The fourth-order valence-corrected chi connectivity index (χ4v) is 1.14. The first-order chi connectivity index (χ1) is 8.08. The number of rotatable bonds is 3. The third-order valence-electron chi connectivity index (χ3n) is 1.94. The molecule has 5 heteroatoms. The molecule has 0 aliphatic rings. The van der Waals surface area contributed by atoms with Gasteiger partial charge in [-0.15, -0.1) is 5.06 Å². The van der Waals surface area contributed by atoms with Crippen LogP contribution < -0.4 is 9.80 Å². The van der Waals surface area contributed by atoms with Crippen molar-refractivity contribution in [1.82, 2.24) is 0 Å². The van der Waals surface area contributed by atoms with Gasteiger partial charge in [0.2, 0.25) is 0 Å². The van der Waals surface area contributed by atoms with E-state index in [2.05, 4.69) is 6.58 Å². The van der Waals surface area contributed by atoms with Crippen molar-refractivity contribution in [3.05, 3.63) is 36.9 Å². The van der Waals surface area contributed by atoms with Gasteiger partial charge in [0.05, 0.1) is 12.8 Å². The molecule has 1 rings (SSSR count). The minimum absolute atomic E-state index is 0.412. The Labute approximate surface area is 99.2 Å². The van der Waals surface area contributed by atoms with E-state index in [1.807, 2.05) is 0 Å². The Morgan fingerprint density at radius 1 is 1.29 bits per heavy atom. The summed E-state index contributed by atoms with van der Waals surface area (Å²) in [6.45, 7) is 4.55. The summed E-state index contributed by atoms with van der Waals surface area (Å²) in [5.41, 5.74) is 0.438. The lowest BCUT2D eigenvalue weighted by Crippen LogP contribution is -2.30. The second kappa shape index (κ2) is 5.69. The first kappa shape index (κ1) is 12.8. The molecule has 0 unspecified atom stereocenters. The highest BCUT2D eigenvalue weighted by atomic mass is 16.7. The highest BCUT2D eigenvalue weighted by Gasteiger charge is 2.15. The minimum Gasteiger partial charge on any atom is -0.497 e. The maximum absolute atomic E-state index is 11.3. The van der Waals surface area contributed by atoms with Gasteiger partial charge in [0.15, 0.2) is 0 Å². The number of carbonyl (C=O) groups is 2. The average molecular weight is 235 g/mol. The second-order valence-corrected chi connectivity index (χ2v) is 3.13. The van der Waals surface area contributed by atoms with E-state index in [9.17, 15) is 9.59 Å². The molecule has 0 saturated heterocycles. The smallest absolute Gasteiger partial charge is 0.356 e. The molecule has 0 heterocycles. The van der Waals surface area contributed by atoms with Crippen LogP contribution in [0.4, 0.5) is 5.69 Å². The minimum atomic E-state index is -0.698. The lowest BCUT2D eigenvalue weighted by atomic mass is 10.3. The van der Waals surface area contributed by atoms with Crippen LogP contribution in [0.2, 0.25) is 0 Å². The van der Waals surface area contributed by atoms with Gasteiger partial charge >= 0.3 is 5.97 Å². The summed E-state index contributed by atoms with van der Waals surface area (Å²) in [5.74, 6) is -0.464. The number of hydroxylamine groups is 1. The number of ether oxygens (including phenoxy) is 1. The molecule has 0 N–H and O–H groups in total. The molecule has 0 radical (unpaired) electrons. The van der Waals surface area contributed by atoms with Crippen LogP contribution in [0.15, 0.2) is 36.9 Å². The Morgan fingerprint density at radius 2 is 1.88 bits per heavy atom. The van der Waals surface area contributed by atoms with E-state index < -0.39 is 11.9 Å². The second-order valence-electron chi connectivity index (χ2n) is 3.13. The van der Waals surface area contributed by atoms with Gasteiger partial charge in [0.1, 0.15) is 5.75 Å². The van der Waals surface area contributed by atoms with Gasteiger partial charge in [0.25, 0.3) is 5.91 Å². The topological polar surface area (TPSA) is 55.8 Å². The lowest BCUT2D eigenvalue weighted by molar-refractivity contribution is -0.145. The quantitative estimate of drug-likeness (QED) is 0.591. The van der Waals surface area contributed by atoms with Crippen molar-refractivity contribution in [2.24, 2.45) is 0 Å². The molecule has 0 fully saturated rings. The van der Waals surface area contributed by atoms with Crippen molar-refractivity contribution in [1.29, 1.82) is 0 Å². The Hall–Kier alpha value is -2.30. The van der Waals surface area contributed by atoms with E-state index in [1.165, 1.54) is 14.0 Å². The van der Waals surface area contributed by atoms with Crippen LogP contribution in [0.1, 0.15) is 6.92 Å². The normalized spacial score (nSPS) is 9.29. The van der Waals surface area contributed by atoms with E-state index in [4.69, 9.17) is 9.57 Å². The zero-order valence-electron chi connectivity index (χ0n) is 9.67. The highest BCUT2D eigenvalue weighted by molar-refractivity contribution is 5.93. The monoisotopic (exact) mass is 235 g/mol. The van der Waals surface area contributed by atoms with Crippen molar-refractivity contribution < 1.29 is 19.2 Å². The molecule has 0 atom stereocenters. The third-order valence-corrected chi connectivity index (χ3v) is 1.94. The summed E-state index contributed by atoms with van der Waals surface area (Å²) in [4.78, 5) is 27.2. The average Bonchev–Trinajstić information content (AvgIpc) is 2.35. The summed E-state index contributed by atoms with van der Waals surface area (Å²) in [6, 6.07) is 6.53. The van der Waals surface area contributed by atoms with Crippen LogP contribution >= 0.6 is 0 Å². The Balaban J connectivity index is 2.93. The fourth-order valence-electron chi connectivity index (χ4n) is 1.14. The Kier molecular flexibility index (Phi) is 4.28. The first-order valence-electron chi connectivity index (χ1n) is 4.87. The molecule has 90 valence electrons. The van der Waals surface area contributed by atoms with Gasteiger partial charge in [-0.05, 0) is 24.3 Å². The molecule has 0 spiro atoms. The van der Waals surface area contributed by atoms with Gasteiger partial charge in [-0.1, -0.05) is 6.58 Å². The molecule has 5 nitrogen and oxygen atoms in total.